The smallest absolute Gasteiger partial charge is 0.207 e. The van der Waals surface area contributed by atoms with Crippen LogP contribution in [-0.4, -0.2) is 67.9 Å². The molecule has 1 aliphatic heterocycles. The Morgan fingerprint density at radius 1 is 1.17 bits per heavy atom. The molecule has 0 spiro atoms. The minimum absolute atomic E-state index is 0.0865. The normalized spacial score (nSPS) is 41.0. The van der Waals surface area contributed by atoms with Crippen LogP contribution in [0.5, 0.6) is 0 Å². The van der Waals surface area contributed by atoms with Crippen LogP contribution in [0.3, 0.4) is 0 Å². The number of ether oxygens (including phenoxy) is 2. The van der Waals surface area contributed by atoms with E-state index in [1.54, 1.807) is 13.8 Å². The molecule has 1 saturated heterocycles. The summed E-state index contributed by atoms with van der Waals surface area (Å²) in [7, 11) is 0. The number of rotatable bonds is 6. The molecule has 0 radical (unpaired) electrons. The van der Waals surface area contributed by atoms with Gasteiger partial charge in [-0.3, -0.25) is 0 Å². The SMILES string of the molecule is CC1(C)[C@]2(O)O[C@](CO)([C@H](O)CO)[C@H](OCc3ccccc3)[C@]12O. The molecule has 24 heavy (non-hydrogen) atoms. The largest absolute Gasteiger partial charge is 0.394 e. The Kier molecular flexibility index (Phi) is 4.05. The summed E-state index contributed by atoms with van der Waals surface area (Å²) in [6.07, 6.45) is -2.75. The fourth-order valence-electron chi connectivity index (χ4n) is 3.85. The lowest BCUT2D eigenvalue weighted by atomic mass is 9.84. The van der Waals surface area contributed by atoms with Crippen molar-refractivity contribution >= 4 is 0 Å². The van der Waals surface area contributed by atoms with Crippen LogP contribution in [0.25, 0.3) is 0 Å². The van der Waals surface area contributed by atoms with Crippen LogP contribution >= 0.6 is 0 Å². The van der Waals surface area contributed by atoms with E-state index in [0.717, 1.165) is 5.56 Å². The molecule has 3 rings (SSSR count). The van der Waals surface area contributed by atoms with Crippen LogP contribution in [0.15, 0.2) is 30.3 Å². The van der Waals surface area contributed by atoms with Gasteiger partial charge in [-0.25, -0.2) is 0 Å². The number of hydrogen-bond donors (Lipinski definition) is 5. The monoisotopic (exact) mass is 340 g/mol. The van der Waals surface area contributed by atoms with E-state index in [1.807, 2.05) is 30.3 Å². The zero-order chi connectivity index (χ0) is 17.8. The average Bonchev–Trinajstić information content (AvgIpc) is 2.81. The Hall–Kier alpha value is -1.06. The van der Waals surface area contributed by atoms with Crippen LogP contribution < -0.4 is 0 Å². The maximum absolute atomic E-state index is 11.0. The van der Waals surface area contributed by atoms with Crippen molar-refractivity contribution in [1.82, 2.24) is 0 Å². The Bertz CT molecular complexity index is 606. The molecular formula is C17H24O7. The Labute approximate surface area is 140 Å². The lowest BCUT2D eigenvalue weighted by Gasteiger charge is -2.41. The highest BCUT2D eigenvalue weighted by atomic mass is 16.7. The van der Waals surface area contributed by atoms with E-state index in [-0.39, 0.29) is 6.61 Å². The molecule has 7 heteroatoms. The van der Waals surface area contributed by atoms with Gasteiger partial charge < -0.3 is 35.0 Å². The Morgan fingerprint density at radius 3 is 2.33 bits per heavy atom. The number of aliphatic hydroxyl groups excluding tert-OH is 3. The summed E-state index contributed by atoms with van der Waals surface area (Å²) in [5.74, 6) is -1.97. The highest BCUT2D eigenvalue weighted by Crippen LogP contribution is 2.74. The van der Waals surface area contributed by atoms with Gasteiger partial charge in [0, 0.05) is 0 Å². The van der Waals surface area contributed by atoms with Gasteiger partial charge in [0.15, 0.2) is 11.2 Å². The molecule has 0 amide bonds. The third-order valence-corrected chi connectivity index (χ3v) is 5.66. The Balaban J connectivity index is 1.93. The zero-order valence-corrected chi connectivity index (χ0v) is 13.7. The number of fused-ring (bicyclic) bond motifs is 1. The number of benzene rings is 1. The third-order valence-electron chi connectivity index (χ3n) is 5.66. The van der Waals surface area contributed by atoms with Crippen molar-refractivity contribution in [2.24, 2.45) is 5.41 Å². The molecule has 5 N–H and O–H groups in total. The van der Waals surface area contributed by atoms with Crippen LogP contribution in [0, 0.1) is 5.41 Å². The minimum atomic E-state index is -1.97. The topological polar surface area (TPSA) is 120 Å². The van der Waals surface area contributed by atoms with Gasteiger partial charge in [0.25, 0.3) is 0 Å². The van der Waals surface area contributed by atoms with Crippen LogP contribution in [0.2, 0.25) is 0 Å². The van der Waals surface area contributed by atoms with Gasteiger partial charge in [0.05, 0.1) is 25.2 Å². The summed E-state index contributed by atoms with van der Waals surface area (Å²) in [6, 6.07) is 9.17. The third kappa shape index (κ3) is 1.91. The second-order valence-corrected chi connectivity index (χ2v) is 7.13. The Morgan fingerprint density at radius 2 is 1.79 bits per heavy atom. The van der Waals surface area contributed by atoms with Gasteiger partial charge in [0.2, 0.25) is 5.79 Å². The zero-order valence-electron chi connectivity index (χ0n) is 13.7. The molecule has 1 aromatic carbocycles. The van der Waals surface area contributed by atoms with Crippen molar-refractivity contribution in [1.29, 1.82) is 0 Å². The van der Waals surface area contributed by atoms with Gasteiger partial charge in [-0.1, -0.05) is 44.2 Å². The summed E-state index contributed by atoms with van der Waals surface area (Å²) < 4.78 is 11.4. The fraction of sp³-hybridized carbons (Fsp3) is 0.647. The summed E-state index contributed by atoms with van der Waals surface area (Å²) in [6.45, 7) is 1.87. The molecule has 1 aromatic rings. The number of hydrogen-bond acceptors (Lipinski definition) is 7. The van der Waals surface area contributed by atoms with E-state index in [4.69, 9.17) is 9.47 Å². The molecule has 2 fully saturated rings. The van der Waals surface area contributed by atoms with E-state index in [9.17, 15) is 25.5 Å². The second kappa shape index (κ2) is 5.47. The highest BCUT2D eigenvalue weighted by Gasteiger charge is 2.95. The predicted octanol–water partition coefficient (Wildman–Crippen LogP) is -0.854. The lowest BCUT2D eigenvalue weighted by Crippen LogP contribution is -2.61. The van der Waals surface area contributed by atoms with Gasteiger partial charge >= 0.3 is 0 Å². The maximum Gasteiger partial charge on any atom is 0.207 e. The molecule has 1 saturated carbocycles. The average molecular weight is 340 g/mol. The molecule has 2 aliphatic rings. The first-order chi connectivity index (χ1) is 11.2. The van der Waals surface area contributed by atoms with Crippen LogP contribution in [0.4, 0.5) is 0 Å². The van der Waals surface area contributed by atoms with Gasteiger partial charge in [-0.15, -0.1) is 0 Å². The molecule has 0 bridgehead atoms. The predicted molar refractivity (Wildman–Crippen MR) is 82.7 cm³/mol. The highest BCUT2D eigenvalue weighted by molar-refractivity contribution is 5.38. The number of aliphatic hydroxyl groups is 5. The van der Waals surface area contributed by atoms with E-state index in [1.165, 1.54) is 0 Å². The molecule has 5 atom stereocenters. The van der Waals surface area contributed by atoms with E-state index in [2.05, 4.69) is 0 Å². The van der Waals surface area contributed by atoms with Crippen molar-refractivity contribution < 1.29 is 35.0 Å². The summed E-state index contributed by atoms with van der Waals surface area (Å²) in [4.78, 5) is 0. The fourth-order valence-corrected chi connectivity index (χ4v) is 3.85. The van der Waals surface area contributed by atoms with Crippen molar-refractivity contribution in [3.05, 3.63) is 35.9 Å². The lowest BCUT2D eigenvalue weighted by molar-refractivity contribution is -0.269. The van der Waals surface area contributed by atoms with Crippen molar-refractivity contribution in [3.63, 3.8) is 0 Å². The van der Waals surface area contributed by atoms with Gasteiger partial charge in [-0.2, -0.15) is 0 Å². The quantitative estimate of drug-likeness (QED) is 0.457. The molecule has 1 aliphatic carbocycles. The van der Waals surface area contributed by atoms with E-state index in [0.29, 0.717) is 0 Å². The second-order valence-electron chi connectivity index (χ2n) is 7.13. The molecule has 7 nitrogen and oxygen atoms in total. The van der Waals surface area contributed by atoms with Crippen molar-refractivity contribution in [2.45, 2.75) is 49.7 Å². The minimum Gasteiger partial charge on any atom is -0.394 e. The van der Waals surface area contributed by atoms with Crippen LogP contribution in [-0.2, 0) is 16.1 Å². The maximum atomic E-state index is 11.0. The van der Waals surface area contributed by atoms with Crippen LogP contribution in [0.1, 0.15) is 19.4 Å². The van der Waals surface area contributed by atoms with Crippen molar-refractivity contribution in [2.75, 3.05) is 13.2 Å². The standard InChI is InChI=1S/C17H24O7/c1-14(2)16(21)13(23-9-11-6-4-3-5-7-11)15(10-19,12(20)8-18)24-17(14,16)22/h3-7,12-13,18-22H,8-10H2,1-2H3/t12-,13+,15-,16+,17+/m1/s1. The molecule has 1 heterocycles. The molecular weight excluding hydrogens is 316 g/mol. The van der Waals surface area contributed by atoms with E-state index < -0.39 is 47.8 Å². The first kappa shape index (κ1) is 17.8. The molecule has 0 aromatic heterocycles. The summed E-state index contributed by atoms with van der Waals surface area (Å²) >= 11 is 0. The molecule has 134 valence electrons. The van der Waals surface area contributed by atoms with Crippen molar-refractivity contribution in [3.8, 4) is 0 Å². The molecule has 0 unspecified atom stereocenters. The van der Waals surface area contributed by atoms with Gasteiger partial charge in [0.1, 0.15) is 12.2 Å². The van der Waals surface area contributed by atoms with E-state index >= 15 is 0 Å². The van der Waals surface area contributed by atoms with Gasteiger partial charge in [-0.05, 0) is 5.56 Å². The summed E-state index contributed by atoms with van der Waals surface area (Å²) in [5, 5.41) is 51.0. The summed E-state index contributed by atoms with van der Waals surface area (Å²) in [5.41, 5.74) is -3.86. The first-order valence-electron chi connectivity index (χ1n) is 7.91. The first-order valence-corrected chi connectivity index (χ1v) is 7.91.